The molecule has 0 radical (unpaired) electrons. The molecule has 41 nitrogen and oxygen atoms in total. The van der Waals surface area contributed by atoms with Crippen LogP contribution < -0.4 is 76.1 Å². The third-order valence-corrected chi connectivity index (χ3v) is 31.8. The molecule has 11 aliphatic heterocycles. The number of hydrogen-bond donors (Lipinski definition) is 20. The van der Waals surface area contributed by atoms with Crippen LogP contribution in [-0.2, 0) is 59.0 Å². The lowest BCUT2D eigenvalue weighted by molar-refractivity contribution is -0.277. The van der Waals surface area contributed by atoms with Crippen molar-refractivity contribution in [2.75, 3.05) is 80.1 Å². The molecule has 5 fully saturated rings. The van der Waals surface area contributed by atoms with Crippen molar-refractivity contribution in [2.45, 2.75) is 226 Å². The third-order valence-electron chi connectivity index (χ3n) is 27.3. The number of nitrogens with zero attached hydrogens (tertiary/aromatic N) is 4. The number of aliphatic carboxylic acids is 1. The number of fused-ring (bicyclic) bond motifs is 14. The zero-order chi connectivity index (χ0) is 102. The Morgan fingerprint density at radius 2 is 1.16 bits per heavy atom. The summed E-state index contributed by atoms with van der Waals surface area (Å²) >= 11 is 15.5. The van der Waals surface area contributed by atoms with Gasteiger partial charge in [0.15, 0.2) is 29.1 Å². The zero-order valence-electron chi connectivity index (χ0n) is 80.0. The minimum Gasteiger partial charge on any atom is -0.508 e. The van der Waals surface area contributed by atoms with Crippen molar-refractivity contribution in [1.29, 1.82) is 0 Å². The fraction of sp³-hybridized carbons (Fsp3) is 0.490. The number of carbonyl (C=O) groups is 9. The van der Waals surface area contributed by atoms with Gasteiger partial charge in [-0.25, -0.2) is 4.79 Å². The zero-order valence-corrected chi connectivity index (χ0v) is 82.4. The largest absolute Gasteiger partial charge is 0.508 e. The molecule has 0 saturated carbocycles. The number of halogens is 2. The molecular weight excluding hydrogens is 1930 g/mol. The van der Waals surface area contributed by atoms with Crippen LogP contribution >= 0.6 is 31.1 Å². The molecular formula is C100H123Cl2N13O28P+. The summed E-state index contributed by atoms with van der Waals surface area (Å²) in [6.07, 6.45) is -10.9. The highest BCUT2D eigenvalue weighted by Crippen LogP contribution is 2.71. The lowest BCUT2D eigenvalue weighted by Crippen LogP contribution is -2.66. The van der Waals surface area contributed by atoms with Gasteiger partial charge in [-0.1, -0.05) is 106 Å². The fourth-order valence-corrected chi connectivity index (χ4v) is 24.5. The number of phenols is 3. The number of ether oxygens (including phenoxy) is 7. The second kappa shape index (κ2) is 46.0. The molecule has 17 bridgehead atoms. The number of carbonyl (C=O) groups excluding carboxylic acids is 8. The van der Waals surface area contributed by atoms with Gasteiger partial charge in [-0.2, -0.15) is 0 Å². The number of likely N-dealkylation sites (N-methyl/N-ethyl adjacent to an activating group) is 1. The fourth-order valence-electron chi connectivity index (χ4n) is 19.7. The van der Waals surface area contributed by atoms with Crippen LogP contribution in [0.3, 0.4) is 0 Å². The summed E-state index contributed by atoms with van der Waals surface area (Å²) in [7, 11) is 1.82. The Morgan fingerprint density at radius 3 is 1.81 bits per heavy atom. The average Bonchev–Trinajstić information content (AvgIpc) is 1.51. The van der Waals surface area contributed by atoms with Crippen LogP contribution in [0.5, 0.6) is 69.0 Å². The van der Waals surface area contributed by atoms with Gasteiger partial charge in [-0.3, -0.25) is 42.9 Å². The molecule has 11 heterocycles. The second-order valence-corrected chi connectivity index (χ2v) is 42.0. The number of aromatic hydroxyl groups is 3. The van der Waals surface area contributed by atoms with Crippen molar-refractivity contribution in [1.82, 2.24) is 66.8 Å². The van der Waals surface area contributed by atoms with Gasteiger partial charge in [0.05, 0.1) is 16.7 Å². The van der Waals surface area contributed by atoms with Crippen molar-refractivity contribution >= 4 is 84.4 Å². The summed E-state index contributed by atoms with van der Waals surface area (Å²) in [5, 5.41) is 153. The first-order chi connectivity index (χ1) is 69.1. The van der Waals surface area contributed by atoms with Gasteiger partial charge in [0.2, 0.25) is 71.3 Å². The first-order valence-corrected chi connectivity index (χ1v) is 51.0. The molecule has 7 aromatic carbocycles. The van der Waals surface area contributed by atoms with Gasteiger partial charge in [-0.15, -0.1) is 14.0 Å². The number of amides is 8. The van der Waals surface area contributed by atoms with Gasteiger partial charge in [-0.05, 0) is 191 Å². The smallest absolute Gasteiger partial charge is 0.417 e. The summed E-state index contributed by atoms with van der Waals surface area (Å²) in [6.45, 7) is 7.32. The van der Waals surface area contributed by atoms with E-state index in [1.807, 2.05) is 4.90 Å². The van der Waals surface area contributed by atoms with E-state index < -0.39 is 251 Å². The number of phenolic OH excluding ortho intramolecular Hbond substituents is 3. The van der Waals surface area contributed by atoms with Gasteiger partial charge < -0.3 is 142 Å². The van der Waals surface area contributed by atoms with Crippen molar-refractivity contribution < 1.29 is 137 Å². The number of benzene rings is 7. The lowest BCUT2D eigenvalue weighted by atomic mass is 9.89. The molecule has 7 aromatic rings. The highest BCUT2D eigenvalue weighted by atomic mass is 35.5. The first-order valence-electron chi connectivity index (χ1n) is 48.7. The van der Waals surface area contributed by atoms with Crippen molar-refractivity contribution in [2.24, 2.45) is 5.92 Å². The molecule has 44 heteroatoms. The number of nitrogens with one attached hydrogen (secondary N) is 9. The summed E-state index contributed by atoms with van der Waals surface area (Å²) in [5.74, 6) is -15.9. The molecule has 0 unspecified atom stereocenters. The quantitative estimate of drug-likeness (QED) is 0.0186. The number of rotatable bonds is 27. The van der Waals surface area contributed by atoms with Crippen LogP contribution in [0.2, 0.25) is 10.0 Å². The lowest BCUT2D eigenvalue weighted by Gasteiger charge is -2.41. The molecule has 0 aliphatic carbocycles. The molecule has 5 saturated heterocycles. The van der Waals surface area contributed by atoms with Crippen LogP contribution in [0.4, 0.5) is 0 Å². The van der Waals surface area contributed by atoms with E-state index in [4.69, 9.17) is 60.9 Å². The van der Waals surface area contributed by atoms with Crippen LogP contribution in [-0.4, -0.2) is 282 Å². The van der Waals surface area contributed by atoms with E-state index in [0.29, 0.717) is 76.6 Å². The van der Waals surface area contributed by atoms with Crippen LogP contribution in [0.25, 0.3) is 11.1 Å². The molecule has 0 aromatic heterocycles. The van der Waals surface area contributed by atoms with Gasteiger partial charge in [0.25, 0.3) is 0 Å². The van der Waals surface area contributed by atoms with E-state index in [1.165, 1.54) is 73.8 Å². The van der Waals surface area contributed by atoms with Crippen LogP contribution in [0.15, 0.2) is 115 Å². The predicted molar refractivity (Wildman–Crippen MR) is 520 cm³/mol. The van der Waals surface area contributed by atoms with Crippen LogP contribution in [0, 0.1) is 5.92 Å². The summed E-state index contributed by atoms with van der Waals surface area (Å²) in [6, 6.07) is 7.41. The number of carboxylic acids is 1. The molecule has 8 amide bonds. The van der Waals surface area contributed by atoms with Crippen molar-refractivity contribution in [3.05, 3.63) is 164 Å². The Balaban J connectivity index is 0.930. The number of unbranched alkanes of at least 4 members (excludes halogenated alkanes) is 5. The average molecular weight is 2060 g/mol. The molecule has 144 heavy (non-hydrogen) atoms. The Kier molecular flexibility index (Phi) is 33.6. The first kappa shape index (κ1) is 105. The second-order valence-electron chi connectivity index (χ2n) is 38.3. The summed E-state index contributed by atoms with van der Waals surface area (Å²) in [4.78, 5) is 144. The Hall–Kier alpha value is -11.6. The van der Waals surface area contributed by atoms with Gasteiger partial charge in [0.1, 0.15) is 126 Å². The van der Waals surface area contributed by atoms with Gasteiger partial charge in [0, 0.05) is 87.5 Å². The van der Waals surface area contributed by atoms with E-state index >= 15 is 33.6 Å². The number of aliphatic hydroxyl groups is 7. The number of hydrogen-bond acceptors (Lipinski definition) is 32. The number of carboxylic acid groups (broad SMARTS) is 1. The Bertz CT molecular complexity index is 5860. The van der Waals surface area contributed by atoms with E-state index in [2.05, 4.69) is 75.7 Å². The Labute approximate surface area is 840 Å². The minimum absolute atomic E-state index is 0.0783. The van der Waals surface area contributed by atoms with Crippen molar-refractivity contribution in [3.8, 4) is 80.1 Å². The molecule has 774 valence electrons. The van der Waals surface area contributed by atoms with Gasteiger partial charge >= 0.3 is 13.9 Å². The van der Waals surface area contributed by atoms with Crippen LogP contribution in [0.1, 0.15) is 185 Å². The number of aliphatic hydroxyl groups excluding tert-OH is 7. The molecule has 0 spiro atoms. The molecule has 18 atom stereocenters. The monoisotopic (exact) mass is 2050 g/mol. The summed E-state index contributed by atoms with van der Waals surface area (Å²) < 4.78 is 60.6. The maximum Gasteiger partial charge on any atom is 0.417 e. The normalized spacial score (nSPS) is 26.5. The van der Waals surface area contributed by atoms with E-state index in [9.17, 15) is 65.8 Å². The van der Waals surface area contributed by atoms with E-state index in [0.717, 1.165) is 119 Å². The summed E-state index contributed by atoms with van der Waals surface area (Å²) in [5.41, 5.74) is -2.25. The molecule has 20 N–H and O–H groups in total. The highest BCUT2D eigenvalue weighted by Gasteiger charge is 2.63. The van der Waals surface area contributed by atoms with Crippen molar-refractivity contribution in [3.63, 3.8) is 0 Å². The topological polar surface area (TPSA) is 571 Å². The SMILES string of the molecule is CN[C@H]1C(=O)N[C@@H]2Cc3ccc(cc3)Oc3cc4cc(c3O[C@@H]3O[C@H](C(=O)O)[C@@H](O)[C@H](O)[C@H]3NC(=O)CCCCCCCCC(C)C)Oc3ccc(cc3Cl)[C@@H](O)[C@@H]3NC(=O)[C@H](NC(=O)[C@@H]4NC(=O)[C@@H](NC2=O)c2cc(cc(O[P+](N4CCCC4)(N4CCCC4)N4CCCC4)c2Cl)Oc2cc1ccc2O)c1ccc(O)c(c1)-c1c(O[C@H]2O[C@H](CO)[C@@H](O)[C@H](O)[C@@H]2O)cc(O)cc1[C@H](C(=O)NCCCN(C)C)NC3=O. The molecule has 11 aliphatic rings. The minimum atomic E-state index is -3.22. The molecule has 18 rings (SSSR count). The Morgan fingerprint density at radius 1 is 0.549 bits per heavy atom. The third kappa shape index (κ3) is 23.1. The predicted octanol–water partition coefficient (Wildman–Crippen LogP) is 6.81. The maximum atomic E-state index is 17.4. The van der Waals surface area contributed by atoms with E-state index in [1.54, 1.807) is 14.1 Å². The standard InChI is InChI=1S/C100H122Cl2N13O28P/c1-50(2)19-10-8-6-7-9-11-20-73(120)106-82-85(123)87(125)90(98(134)135)142-99(82)141-89-70-43-55-44-71(89)138-66-30-25-54(41-62(66)101)83(121)81-97(133)110-79(92(128)104-31-18-32-112(4)5)60-45-56(117)46-68(139-100-88(126)86(124)84(122)72(49-116)140-100)74(60)59-40-52(23-28-64(59)118)77(94(130)111-81)107-95(131)78(55)108-96(132)80-61-47-58(48-69(75(61)102)143-144(113-33-12-13-34-113,114-35-14-15-36-114)115-37-16-17-38-115)137-67-42-53(24-29-65(67)119)76(103-3)93(129)105-63(91(127)109-80)39-51-21-26-57(136-70)27-22-51/h21-30,40-48,50,63,72,76-88,90,99-100,103,116,121-126H,6-20,31-39,49H2,1-5H3,(H11-,104,105,106,107,108,109,110,111,117,118,119,120,127,128,129,130,131,132,133,134,135)/p+1/t63-,72-,76-,77-,78-,79-,80+,81+,82-,83-,84-,85-,86+,87+,88+,90+,99-,100+/m1/s1. The van der Waals surface area contributed by atoms with E-state index in [-0.39, 0.29) is 69.7 Å². The highest BCUT2D eigenvalue weighted by molar-refractivity contribution is 7.64. The maximum absolute atomic E-state index is 17.4.